The van der Waals surface area contributed by atoms with Crippen LogP contribution in [0.5, 0.6) is 11.5 Å². The van der Waals surface area contributed by atoms with Gasteiger partial charge in [0.1, 0.15) is 6.61 Å². The fraction of sp³-hybridized carbons (Fsp3) is 0.429. The molecule has 0 fully saturated rings. The Labute approximate surface area is 103 Å². The highest BCUT2D eigenvalue weighted by molar-refractivity contribution is 5.54. The maximum Gasteiger partial charge on any atom is 0.161 e. The molecule has 0 aliphatic rings. The van der Waals surface area contributed by atoms with Gasteiger partial charge in [-0.2, -0.15) is 0 Å². The van der Waals surface area contributed by atoms with E-state index in [1.54, 1.807) is 6.08 Å². The minimum Gasteiger partial charge on any atom is -0.490 e. The molecule has 1 aromatic carbocycles. The molecule has 0 spiro atoms. The van der Waals surface area contributed by atoms with Crippen LogP contribution in [-0.2, 0) is 4.74 Å². The van der Waals surface area contributed by atoms with Gasteiger partial charge in [-0.05, 0) is 31.5 Å². The molecule has 1 rings (SSSR count). The number of rotatable bonds is 8. The van der Waals surface area contributed by atoms with Gasteiger partial charge in [0.25, 0.3) is 0 Å². The van der Waals surface area contributed by atoms with Gasteiger partial charge >= 0.3 is 0 Å². The summed E-state index contributed by atoms with van der Waals surface area (Å²) in [6, 6.07) is 5.77. The summed E-state index contributed by atoms with van der Waals surface area (Å²) in [5.74, 6) is 1.50. The zero-order valence-electron chi connectivity index (χ0n) is 10.6. The van der Waals surface area contributed by atoms with Crippen molar-refractivity contribution >= 4 is 6.08 Å². The molecule has 0 aromatic heterocycles. The van der Waals surface area contributed by atoms with Crippen molar-refractivity contribution < 1.29 is 14.2 Å². The van der Waals surface area contributed by atoms with E-state index >= 15 is 0 Å². The molecule has 3 nitrogen and oxygen atoms in total. The largest absolute Gasteiger partial charge is 0.490 e. The lowest BCUT2D eigenvalue weighted by molar-refractivity contribution is 0.108. The van der Waals surface area contributed by atoms with E-state index in [2.05, 4.69) is 6.58 Å². The first-order valence-electron chi connectivity index (χ1n) is 5.91. The molecule has 0 heterocycles. The highest BCUT2D eigenvalue weighted by Crippen LogP contribution is 2.28. The van der Waals surface area contributed by atoms with Crippen LogP contribution in [0.1, 0.15) is 19.4 Å². The number of hydrogen-bond acceptors (Lipinski definition) is 3. The smallest absolute Gasteiger partial charge is 0.161 e. The maximum atomic E-state index is 5.61. The minimum atomic E-state index is 0.529. The SMILES string of the molecule is C=Cc1ccc(OCCOCC)c(OCC)c1. The maximum absolute atomic E-state index is 5.61. The summed E-state index contributed by atoms with van der Waals surface area (Å²) >= 11 is 0. The fourth-order valence-electron chi connectivity index (χ4n) is 1.39. The second-order valence-corrected chi connectivity index (χ2v) is 3.39. The van der Waals surface area contributed by atoms with Crippen LogP contribution in [0, 0.1) is 0 Å². The van der Waals surface area contributed by atoms with Gasteiger partial charge in [0.05, 0.1) is 13.2 Å². The van der Waals surface area contributed by atoms with Crippen molar-refractivity contribution in [1.82, 2.24) is 0 Å². The van der Waals surface area contributed by atoms with Crippen LogP contribution in [-0.4, -0.2) is 26.4 Å². The van der Waals surface area contributed by atoms with Crippen LogP contribution in [0.25, 0.3) is 6.08 Å². The second kappa shape index (κ2) is 7.74. The first-order valence-corrected chi connectivity index (χ1v) is 5.91. The molecule has 0 amide bonds. The van der Waals surface area contributed by atoms with E-state index in [1.165, 1.54) is 0 Å². The molecule has 94 valence electrons. The molecule has 0 saturated heterocycles. The molecule has 0 saturated carbocycles. The van der Waals surface area contributed by atoms with Crippen LogP contribution < -0.4 is 9.47 Å². The predicted octanol–water partition coefficient (Wildman–Crippen LogP) is 3.14. The molecule has 1 aromatic rings. The zero-order chi connectivity index (χ0) is 12.5. The van der Waals surface area contributed by atoms with Gasteiger partial charge in [-0.15, -0.1) is 0 Å². The average molecular weight is 236 g/mol. The highest BCUT2D eigenvalue weighted by Gasteiger charge is 2.05. The van der Waals surface area contributed by atoms with Crippen molar-refractivity contribution in [2.75, 3.05) is 26.4 Å². The van der Waals surface area contributed by atoms with Gasteiger partial charge < -0.3 is 14.2 Å². The summed E-state index contributed by atoms with van der Waals surface area (Å²) in [4.78, 5) is 0. The molecular formula is C14H20O3. The van der Waals surface area contributed by atoms with Crippen molar-refractivity contribution in [2.45, 2.75) is 13.8 Å². The van der Waals surface area contributed by atoms with Crippen LogP contribution >= 0.6 is 0 Å². The Kier molecular flexibility index (Phi) is 6.18. The minimum absolute atomic E-state index is 0.529. The van der Waals surface area contributed by atoms with E-state index < -0.39 is 0 Å². The molecular weight excluding hydrogens is 216 g/mol. The molecule has 17 heavy (non-hydrogen) atoms. The highest BCUT2D eigenvalue weighted by atomic mass is 16.5. The number of ether oxygens (including phenoxy) is 3. The molecule has 0 aliphatic carbocycles. The predicted molar refractivity (Wildman–Crippen MR) is 69.7 cm³/mol. The molecule has 0 aliphatic heterocycles. The average Bonchev–Trinajstić information content (AvgIpc) is 2.36. The van der Waals surface area contributed by atoms with Gasteiger partial charge in [0.15, 0.2) is 11.5 Å². The Hall–Kier alpha value is -1.48. The van der Waals surface area contributed by atoms with Gasteiger partial charge in [-0.25, -0.2) is 0 Å². The third-order valence-electron chi connectivity index (χ3n) is 2.19. The summed E-state index contributed by atoms with van der Waals surface area (Å²) in [5, 5.41) is 0. The molecule has 0 atom stereocenters. The quantitative estimate of drug-likeness (QED) is 0.649. The second-order valence-electron chi connectivity index (χ2n) is 3.39. The van der Waals surface area contributed by atoms with Crippen LogP contribution in [0.3, 0.4) is 0 Å². The Morgan fingerprint density at radius 2 is 1.88 bits per heavy atom. The van der Waals surface area contributed by atoms with E-state index in [9.17, 15) is 0 Å². The Balaban J connectivity index is 2.65. The van der Waals surface area contributed by atoms with E-state index in [4.69, 9.17) is 14.2 Å². The van der Waals surface area contributed by atoms with E-state index in [0.29, 0.717) is 26.4 Å². The van der Waals surface area contributed by atoms with Crippen molar-refractivity contribution in [3.63, 3.8) is 0 Å². The molecule has 0 unspecified atom stereocenters. The first-order chi connectivity index (χ1) is 8.31. The summed E-state index contributed by atoms with van der Waals surface area (Å²) in [6.07, 6.45) is 1.78. The van der Waals surface area contributed by atoms with Gasteiger partial charge in [-0.3, -0.25) is 0 Å². The Morgan fingerprint density at radius 3 is 2.53 bits per heavy atom. The fourth-order valence-corrected chi connectivity index (χ4v) is 1.39. The van der Waals surface area contributed by atoms with Crippen molar-refractivity contribution in [2.24, 2.45) is 0 Å². The monoisotopic (exact) mass is 236 g/mol. The molecule has 0 bridgehead atoms. The topological polar surface area (TPSA) is 27.7 Å². The third kappa shape index (κ3) is 4.49. The summed E-state index contributed by atoms with van der Waals surface area (Å²) in [5.41, 5.74) is 1.02. The molecule has 0 N–H and O–H groups in total. The van der Waals surface area contributed by atoms with E-state index in [0.717, 1.165) is 17.1 Å². The van der Waals surface area contributed by atoms with E-state index in [-0.39, 0.29) is 0 Å². The first kappa shape index (κ1) is 13.6. The van der Waals surface area contributed by atoms with E-state index in [1.807, 2.05) is 32.0 Å². The number of benzene rings is 1. The zero-order valence-corrected chi connectivity index (χ0v) is 10.6. The molecule has 0 radical (unpaired) electrons. The van der Waals surface area contributed by atoms with Crippen molar-refractivity contribution in [1.29, 1.82) is 0 Å². The summed E-state index contributed by atoms with van der Waals surface area (Å²) in [6.45, 7) is 10.1. The van der Waals surface area contributed by atoms with Gasteiger partial charge in [0.2, 0.25) is 0 Å². The van der Waals surface area contributed by atoms with Crippen LogP contribution in [0.15, 0.2) is 24.8 Å². The van der Waals surface area contributed by atoms with Crippen LogP contribution in [0.2, 0.25) is 0 Å². The summed E-state index contributed by atoms with van der Waals surface area (Å²) < 4.78 is 16.3. The Bertz CT molecular complexity index is 347. The lowest BCUT2D eigenvalue weighted by atomic mass is 10.2. The lowest BCUT2D eigenvalue weighted by Crippen LogP contribution is -2.07. The van der Waals surface area contributed by atoms with Crippen molar-refractivity contribution in [3.05, 3.63) is 30.3 Å². The summed E-state index contributed by atoms with van der Waals surface area (Å²) in [7, 11) is 0. The standard InChI is InChI=1S/C14H20O3/c1-4-12-7-8-13(14(11-12)16-6-3)17-10-9-15-5-2/h4,7-8,11H,1,5-6,9-10H2,2-3H3. The van der Waals surface area contributed by atoms with Gasteiger partial charge in [-0.1, -0.05) is 18.7 Å². The number of hydrogen-bond donors (Lipinski definition) is 0. The Morgan fingerprint density at radius 1 is 1.06 bits per heavy atom. The third-order valence-corrected chi connectivity index (χ3v) is 2.19. The van der Waals surface area contributed by atoms with Crippen molar-refractivity contribution in [3.8, 4) is 11.5 Å². The lowest BCUT2D eigenvalue weighted by Gasteiger charge is -2.12. The van der Waals surface area contributed by atoms with Crippen LogP contribution in [0.4, 0.5) is 0 Å². The normalized spacial score (nSPS) is 10.0. The molecule has 3 heteroatoms. The van der Waals surface area contributed by atoms with Gasteiger partial charge in [0, 0.05) is 6.61 Å².